The second kappa shape index (κ2) is 29.9. The molecule has 0 amide bonds. The van der Waals surface area contributed by atoms with Crippen LogP contribution in [0, 0.1) is 5.92 Å². The minimum atomic E-state index is -0.754. The number of esters is 3. The van der Waals surface area contributed by atoms with E-state index in [2.05, 4.69) is 27.7 Å². The number of hydrogen-bond acceptors (Lipinski definition) is 6. The Morgan fingerprint density at radius 1 is 0.463 bits per heavy atom. The van der Waals surface area contributed by atoms with Crippen molar-refractivity contribution >= 4 is 17.9 Å². The van der Waals surface area contributed by atoms with Crippen LogP contribution in [-0.4, -0.2) is 37.2 Å². The lowest BCUT2D eigenvalue weighted by Gasteiger charge is -2.18. The van der Waals surface area contributed by atoms with Crippen molar-refractivity contribution in [2.45, 2.75) is 188 Å². The zero-order valence-electron chi connectivity index (χ0n) is 27.5. The van der Waals surface area contributed by atoms with Crippen molar-refractivity contribution in [1.29, 1.82) is 0 Å². The van der Waals surface area contributed by atoms with Gasteiger partial charge in [0.1, 0.15) is 13.2 Å². The molecule has 0 fully saturated rings. The zero-order chi connectivity index (χ0) is 30.4. The van der Waals surface area contributed by atoms with E-state index >= 15 is 0 Å². The van der Waals surface area contributed by atoms with Crippen molar-refractivity contribution in [3.63, 3.8) is 0 Å². The maximum absolute atomic E-state index is 12.4. The Morgan fingerprint density at radius 2 is 0.805 bits per heavy atom. The van der Waals surface area contributed by atoms with Gasteiger partial charge in [0.05, 0.1) is 0 Å². The molecule has 0 saturated carbocycles. The summed E-state index contributed by atoms with van der Waals surface area (Å²) in [7, 11) is 0. The molecule has 0 bridgehead atoms. The average molecular weight is 583 g/mol. The lowest BCUT2D eigenvalue weighted by molar-refractivity contribution is -0.167. The molecule has 0 aliphatic rings. The summed E-state index contributed by atoms with van der Waals surface area (Å²) in [4.78, 5) is 36.9. The minimum absolute atomic E-state index is 0.0677. The third kappa shape index (κ3) is 29.7. The molecular formula is C35H66O6. The first-order valence-corrected chi connectivity index (χ1v) is 17.4. The van der Waals surface area contributed by atoms with Crippen LogP contribution in [0.1, 0.15) is 182 Å². The van der Waals surface area contributed by atoms with Gasteiger partial charge in [-0.2, -0.15) is 0 Å². The van der Waals surface area contributed by atoms with E-state index in [4.69, 9.17) is 14.2 Å². The molecule has 0 aliphatic carbocycles. The minimum Gasteiger partial charge on any atom is -0.462 e. The second-order valence-corrected chi connectivity index (χ2v) is 12.3. The zero-order valence-corrected chi connectivity index (χ0v) is 27.5. The molecule has 6 heteroatoms. The largest absolute Gasteiger partial charge is 0.462 e. The Morgan fingerprint density at radius 3 is 1.20 bits per heavy atom. The third-order valence-electron chi connectivity index (χ3n) is 7.54. The van der Waals surface area contributed by atoms with Crippen LogP contribution in [0.15, 0.2) is 0 Å². The first kappa shape index (κ1) is 39.4. The van der Waals surface area contributed by atoms with Crippen molar-refractivity contribution in [2.24, 2.45) is 5.92 Å². The normalized spacial score (nSPS) is 11.9. The number of rotatable bonds is 30. The van der Waals surface area contributed by atoms with Gasteiger partial charge in [-0.1, -0.05) is 143 Å². The maximum Gasteiger partial charge on any atom is 0.306 e. The van der Waals surface area contributed by atoms with Gasteiger partial charge < -0.3 is 14.2 Å². The van der Waals surface area contributed by atoms with E-state index in [0.717, 1.165) is 70.1 Å². The van der Waals surface area contributed by atoms with Crippen LogP contribution in [0.4, 0.5) is 0 Å². The summed E-state index contributed by atoms with van der Waals surface area (Å²) >= 11 is 0. The average Bonchev–Trinajstić information content (AvgIpc) is 2.94. The molecule has 0 heterocycles. The predicted octanol–water partition coefficient (Wildman–Crippen LogP) is 10.0. The fourth-order valence-corrected chi connectivity index (χ4v) is 4.86. The highest BCUT2D eigenvalue weighted by Gasteiger charge is 2.19. The quantitative estimate of drug-likeness (QED) is 0.0476. The van der Waals surface area contributed by atoms with Crippen molar-refractivity contribution in [2.75, 3.05) is 13.2 Å². The number of hydrogen-bond donors (Lipinski definition) is 0. The molecule has 0 aliphatic heterocycles. The summed E-state index contributed by atoms with van der Waals surface area (Å²) in [6.45, 7) is 8.78. The molecule has 0 saturated heterocycles. The molecule has 0 rings (SSSR count). The highest BCUT2D eigenvalue weighted by molar-refractivity contribution is 5.71. The monoisotopic (exact) mass is 582 g/mol. The first-order chi connectivity index (χ1) is 19.9. The molecule has 242 valence electrons. The van der Waals surface area contributed by atoms with E-state index in [-0.39, 0.29) is 31.1 Å². The van der Waals surface area contributed by atoms with Gasteiger partial charge in [-0.25, -0.2) is 0 Å². The molecule has 6 nitrogen and oxygen atoms in total. The Hall–Kier alpha value is -1.59. The topological polar surface area (TPSA) is 78.9 Å². The van der Waals surface area contributed by atoms with Gasteiger partial charge in [0.2, 0.25) is 0 Å². The Labute approximate surface area is 253 Å². The van der Waals surface area contributed by atoms with Gasteiger partial charge in [0, 0.05) is 19.3 Å². The fourth-order valence-electron chi connectivity index (χ4n) is 4.86. The standard InChI is InChI=1S/C35H66O6/c1-5-7-9-11-14-20-24-28-35(38)41-32(29-39-33(36)26-22-17-10-8-6-2)30-40-34(37)27-23-19-16-13-12-15-18-21-25-31(3)4/h31-32H,5-30H2,1-4H3/t32-/m1/s1. The van der Waals surface area contributed by atoms with Crippen LogP contribution < -0.4 is 0 Å². The van der Waals surface area contributed by atoms with E-state index in [1.54, 1.807) is 0 Å². The summed E-state index contributed by atoms with van der Waals surface area (Å²) < 4.78 is 16.4. The van der Waals surface area contributed by atoms with Gasteiger partial charge >= 0.3 is 17.9 Å². The summed E-state index contributed by atoms with van der Waals surface area (Å²) in [6, 6.07) is 0. The van der Waals surface area contributed by atoms with Crippen molar-refractivity contribution in [3.8, 4) is 0 Å². The highest BCUT2D eigenvalue weighted by atomic mass is 16.6. The second-order valence-electron chi connectivity index (χ2n) is 12.3. The SMILES string of the molecule is CCCCCCCCCC(=O)O[C@H](COC(=O)CCCCCCC)COC(=O)CCCCCCCCCCC(C)C. The Bertz CT molecular complexity index is 618. The summed E-state index contributed by atoms with van der Waals surface area (Å²) in [5, 5.41) is 0. The lowest BCUT2D eigenvalue weighted by atomic mass is 10.0. The van der Waals surface area contributed by atoms with Crippen molar-refractivity contribution in [1.82, 2.24) is 0 Å². The van der Waals surface area contributed by atoms with Gasteiger partial charge in [-0.05, 0) is 25.2 Å². The van der Waals surface area contributed by atoms with Gasteiger partial charge in [0.25, 0.3) is 0 Å². The Balaban J connectivity index is 4.28. The van der Waals surface area contributed by atoms with Gasteiger partial charge in [-0.3, -0.25) is 14.4 Å². The molecule has 0 unspecified atom stereocenters. The molecular weight excluding hydrogens is 516 g/mol. The lowest BCUT2D eigenvalue weighted by Crippen LogP contribution is -2.30. The van der Waals surface area contributed by atoms with Crippen LogP contribution in [0.3, 0.4) is 0 Å². The van der Waals surface area contributed by atoms with Crippen LogP contribution in [0.2, 0.25) is 0 Å². The van der Waals surface area contributed by atoms with E-state index in [0.29, 0.717) is 19.3 Å². The molecule has 0 spiro atoms. The summed E-state index contributed by atoms with van der Waals surface area (Å²) in [6.07, 6.45) is 24.2. The number of carbonyl (C=O) groups is 3. The van der Waals surface area contributed by atoms with E-state index in [1.165, 1.54) is 70.6 Å². The molecule has 0 radical (unpaired) electrons. The molecule has 41 heavy (non-hydrogen) atoms. The number of unbranched alkanes of at least 4 members (excludes halogenated alkanes) is 17. The van der Waals surface area contributed by atoms with Crippen molar-refractivity contribution < 1.29 is 28.6 Å². The fraction of sp³-hybridized carbons (Fsp3) is 0.914. The third-order valence-corrected chi connectivity index (χ3v) is 7.54. The first-order valence-electron chi connectivity index (χ1n) is 17.4. The summed E-state index contributed by atoms with van der Waals surface area (Å²) in [5.41, 5.74) is 0. The van der Waals surface area contributed by atoms with Gasteiger partial charge in [-0.15, -0.1) is 0 Å². The number of ether oxygens (including phenoxy) is 3. The maximum atomic E-state index is 12.4. The van der Waals surface area contributed by atoms with Crippen LogP contribution in [-0.2, 0) is 28.6 Å². The van der Waals surface area contributed by atoms with E-state index in [1.807, 2.05) is 0 Å². The van der Waals surface area contributed by atoms with Gasteiger partial charge in [0.15, 0.2) is 6.10 Å². The highest BCUT2D eigenvalue weighted by Crippen LogP contribution is 2.14. The van der Waals surface area contributed by atoms with Crippen molar-refractivity contribution in [3.05, 3.63) is 0 Å². The van der Waals surface area contributed by atoms with E-state index in [9.17, 15) is 14.4 Å². The number of carbonyl (C=O) groups excluding carboxylic acids is 3. The molecule has 0 aromatic rings. The molecule has 0 N–H and O–H groups in total. The summed E-state index contributed by atoms with van der Waals surface area (Å²) in [5.74, 6) is -0.0959. The Kier molecular flexibility index (Phi) is 28.7. The molecule has 0 aromatic heterocycles. The van der Waals surface area contributed by atoms with E-state index < -0.39 is 6.10 Å². The van der Waals surface area contributed by atoms with Crippen LogP contribution in [0.5, 0.6) is 0 Å². The predicted molar refractivity (Wildman–Crippen MR) is 169 cm³/mol. The molecule has 1 atom stereocenters. The van der Waals surface area contributed by atoms with Crippen LogP contribution in [0.25, 0.3) is 0 Å². The molecule has 0 aromatic carbocycles. The van der Waals surface area contributed by atoms with Crippen LogP contribution >= 0.6 is 0 Å². The smallest absolute Gasteiger partial charge is 0.306 e.